The Hall–Kier alpha value is -3.42. The summed E-state index contributed by atoms with van der Waals surface area (Å²) in [5.41, 5.74) is 0.195. The predicted octanol–water partition coefficient (Wildman–Crippen LogP) is 3.73. The molecule has 2 aromatic carbocycles. The van der Waals surface area contributed by atoms with E-state index in [0.717, 1.165) is 18.8 Å². The summed E-state index contributed by atoms with van der Waals surface area (Å²) in [6, 6.07) is 11.4. The second-order valence-electron chi connectivity index (χ2n) is 6.77. The van der Waals surface area contributed by atoms with Crippen LogP contribution in [0.15, 0.2) is 53.3 Å². The van der Waals surface area contributed by atoms with E-state index in [0.29, 0.717) is 17.9 Å². The summed E-state index contributed by atoms with van der Waals surface area (Å²) in [4.78, 5) is 18.1. The van der Waals surface area contributed by atoms with Crippen LogP contribution in [-0.2, 0) is 13.2 Å². The fourth-order valence-electron chi connectivity index (χ4n) is 3.16. The average molecular weight is 399 g/mol. The van der Waals surface area contributed by atoms with Crippen LogP contribution >= 0.6 is 0 Å². The Morgan fingerprint density at radius 2 is 1.86 bits per heavy atom. The van der Waals surface area contributed by atoms with Crippen LogP contribution in [0.4, 0.5) is 14.6 Å². The molecule has 0 bridgehead atoms. The Kier molecular flexibility index (Phi) is 5.16. The minimum absolute atomic E-state index is 0.0205. The first-order valence-electron chi connectivity index (χ1n) is 9.17. The number of aromatic nitrogens is 2. The number of halogens is 2. The van der Waals surface area contributed by atoms with Crippen LogP contribution in [0.25, 0.3) is 0 Å². The molecular weight excluding hydrogens is 380 g/mol. The van der Waals surface area contributed by atoms with Crippen molar-refractivity contribution in [3.63, 3.8) is 0 Å². The molecule has 0 fully saturated rings. The monoisotopic (exact) mass is 399 g/mol. The number of hydrogen-bond acceptors (Lipinski definition) is 5. The molecule has 0 saturated heterocycles. The van der Waals surface area contributed by atoms with Crippen molar-refractivity contribution < 1.29 is 18.3 Å². The molecule has 0 radical (unpaired) electrons. The van der Waals surface area contributed by atoms with Crippen LogP contribution in [0.3, 0.4) is 0 Å². The molecule has 0 spiro atoms. The van der Waals surface area contributed by atoms with Gasteiger partial charge in [0.25, 0.3) is 0 Å². The molecule has 0 saturated carbocycles. The van der Waals surface area contributed by atoms with Crippen molar-refractivity contribution >= 4 is 5.82 Å². The van der Waals surface area contributed by atoms with Crippen LogP contribution in [0.2, 0.25) is 0 Å². The van der Waals surface area contributed by atoms with Crippen molar-refractivity contribution in [3.8, 4) is 17.4 Å². The van der Waals surface area contributed by atoms with E-state index >= 15 is 0 Å². The highest BCUT2D eigenvalue weighted by molar-refractivity contribution is 5.42. The smallest absolute Gasteiger partial charge is 0.352 e. The molecule has 0 amide bonds. The third-order valence-corrected chi connectivity index (χ3v) is 4.66. The second-order valence-corrected chi connectivity index (χ2v) is 6.77. The summed E-state index contributed by atoms with van der Waals surface area (Å²) in [6.45, 7) is 1.53. The fraction of sp³-hybridized carbons (Fsp3) is 0.238. The summed E-state index contributed by atoms with van der Waals surface area (Å²) >= 11 is 0. The lowest BCUT2D eigenvalue weighted by molar-refractivity contribution is 0.289. The highest BCUT2D eigenvalue weighted by Gasteiger charge is 2.17. The molecule has 0 aliphatic carbocycles. The summed E-state index contributed by atoms with van der Waals surface area (Å²) in [7, 11) is 1.91. The fourth-order valence-corrected chi connectivity index (χ4v) is 3.16. The van der Waals surface area contributed by atoms with E-state index in [1.807, 2.05) is 11.9 Å². The minimum Gasteiger partial charge on any atom is -0.473 e. The van der Waals surface area contributed by atoms with Gasteiger partial charge in [-0.05, 0) is 48.4 Å². The number of fused-ring (bicyclic) bond motifs is 1. The topological polar surface area (TPSA) is 56.6 Å². The van der Waals surface area contributed by atoms with E-state index in [9.17, 15) is 13.6 Å². The third-order valence-electron chi connectivity index (χ3n) is 4.66. The minimum atomic E-state index is -0.575. The predicted molar refractivity (Wildman–Crippen MR) is 104 cm³/mol. The lowest BCUT2D eigenvalue weighted by Gasteiger charge is -2.28. The zero-order valence-electron chi connectivity index (χ0n) is 15.8. The first kappa shape index (κ1) is 18.9. The molecular formula is C21H19F2N3O3. The Morgan fingerprint density at radius 3 is 2.62 bits per heavy atom. The largest absolute Gasteiger partial charge is 0.473 e. The zero-order chi connectivity index (χ0) is 20.4. The Balaban J connectivity index is 1.46. The average Bonchev–Trinajstić information content (AvgIpc) is 2.71. The number of hydrogen-bond donors (Lipinski definition) is 0. The van der Waals surface area contributed by atoms with E-state index in [2.05, 4.69) is 4.98 Å². The van der Waals surface area contributed by atoms with Gasteiger partial charge in [-0.15, -0.1) is 0 Å². The summed E-state index contributed by atoms with van der Waals surface area (Å²) in [5.74, 6) is 0.326. The lowest BCUT2D eigenvalue weighted by Crippen LogP contribution is -2.36. The van der Waals surface area contributed by atoms with Gasteiger partial charge in [-0.25, -0.2) is 13.6 Å². The third kappa shape index (κ3) is 4.21. The van der Waals surface area contributed by atoms with E-state index in [1.54, 1.807) is 16.7 Å². The molecule has 150 valence electrons. The second kappa shape index (κ2) is 7.90. The van der Waals surface area contributed by atoms with Crippen molar-refractivity contribution in [3.05, 3.63) is 76.2 Å². The molecule has 29 heavy (non-hydrogen) atoms. The first-order chi connectivity index (χ1) is 14.0. The van der Waals surface area contributed by atoms with Crippen molar-refractivity contribution in [2.24, 2.45) is 0 Å². The van der Waals surface area contributed by atoms with E-state index < -0.39 is 11.6 Å². The number of rotatable bonds is 5. The quantitative estimate of drug-likeness (QED) is 0.654. The Morgan fingerprint density at radius 1 is 1.07 bits per heavy atom. The van der Waals surface area contributed by atoms with Crippen molar-refractivity contribution in [2.45, 2.75) is 19.6 Å². The molecule has 4 rings (SSSR count). The van der Waals surface area contributed by atoms with Crippen molar-refractivity contribution in [2.75, 3.05) is 18.5 Å². The highest BCUT2D eigenvalue weighted by Crippen LogP contribution is 2.26. The highest BCUT2D eigenvalue weighted by atomic mass is 19.1. The van der Waals surface area contributed by atoms with Crippen LogP contribution in [0.5, 0.6) is 17.4 Å². The maximum Gasteiger partial charge on any atom is 0.352 e. The van der Waals surface area contributed by atoms with E-state index in [4.69, 9.17) is 9.47 Å². The van der Waals surface area contributed by atoms with Crippen LogP contribution < -0.4 is 20.1 Å². The lowest BCUT2D eigenvalue weighted by atomic mass is 10.2. The van der Waals surface area contributed by atoms with Crippen molar-refractivity contribution in [1.82, 2.24) is 9.55 Å². The number of anilines is 1. The molecule has 1 aromatic heterocycles. The van der Waals surface area contributed by atoms with Crippen LogP contribution in [-0.4, -0.2) is 23.1 Å². The first-order valence-corrected chi connectivity index (χ1v) is 9.17. The summed E-state index contributed by atoms with van der Waals surface area (Å²) < 4.78 is 40.0. The maximum atomic E-state index is 14.4. The van der Waals surface area contributed by atoms with Gasteiger partial charge in [-0.3, -0.25) is 4.57 Å². The van der Waals surface area contributed by atoms with Gasteiger partial charge in [-0.1, -0.05) is 6.07 Å². The molecule has 0 unspecified atom stereocenters. The normalized spacial score (nSPS) is 13.1. The van der Waals surface area contributed by atoms with Gasteiger partial charge >= 0.3 is 5.69 Å². The van der Waals surface area contributed by atoms with Gasteiger partial charge in [0.05, 0.1) is 0 Å². The van der Waals surface area contributed by atoms with Crippen LogP contribution in [0, 0.1) is 11.6 Å². The molecule has 0 N–H and O–H groups in total. The summed E-state index contributed by atoms with van der Waals surface area (Å²) in [5, 5.41) is 0. The summed E-state index contributed by atoms with van der Waals surface area (Å²) in [6.07, 6.45) is 0.886. The molecule has 3 aromatic rings. The number of nitrogens with zero attached hydrogens (tertiary/aromatic N) is 3. The molecule has 6 nitrogen and oxygen atoms in total. The van der Waals surface area contributed by atoms with Gasteiger partial charge in [0.2, 0.25) is 5.88 Å². The molecule has 0 atom stereocenters. The maximum absolute atomic E-state index is 14.4. The number of ether oxygens (including phenoxy) is 2. The molecule has 1 aliphatic rings. The molecule has 8 heteroatoms. The molecule has 2 heterocycles. The SMILES string of the molecule is CN1CCCn2c1cc(OCc1ccc(Oc3ccc(F)cc3)c(F)c1)nc2=O. The number of benzene rings is 2. The standard InChI is InChI=1S/C21H19F2N3O3/c1-25-9-2-10-26-20(25)12-19(24-21(26)27)28-13-14-3-8-18(17(23)11-14)29-16-6-4-15(22)5-7-16/h3-8,11-12H,2,9-10,13H2,1H3. The van der Waals surface area contributed by atoms with Gasteiger partial charge in [0.1, 0.15) is 24.0 Å². The van der Waals surface area contributed by atoms with Crippen molar-refractivity contribution in [1.29, 1.82) is 0 Å². The van der Waals surface area contributed by atoms with Gasteiger partial charge < -0.3 is 14.4 Å². The van der Waals surface area contributed by atoms with Gasteiger partial charge in [-0.2, -0.15) is 4.98 Å². The molecule has 1 aliphatic heterocycles. The van der Waals surface area contributed by atoms with Gasteiger partial charge in [0, 0.05) is 26.2 Å². The van der Waals surface area contributed by atoms with Gasteiger partial charge in [0.15, 0.2) is 11.6 Å². The van der Waals surface area contributed by atoms with Crippen LogP contribution in [0.1, 0.15) is 12.0 Å². The van der Waals surface area contributed by atoms with E-state index in [-0.39, 0.29) is 23.9 Å². The van der Waals surface area contributed by atoms with E-state index in [1.165, 1.54) is 36.4 Å². The Bertz CT molecular complexity index is 1080. The zero-order valence-corrected chi connectivity index (χ0v) is 15.8. The Labute approximate surface area is 165 Å².